The van der Waals surface area contributed by atoms with E-state index in [1.54, 1.807) is 41.2 Å². The van der Waals surface area contributed by atoms with Gasteiger partial charge in [-0.05, 0) is 50.1 Å². The Morgan fingerprint density at radius 2 is 1.79 bits per heavy atom. The zero-order valence-corrected chi connectivity index (χ0v) is 19.1. The standard InChI is InChI=1S/C25H30N4O4/c1-3-26-22(30)17-28-18-29(20-9-5-4-6-10-20)25(24(28)32)12-14-27(15-13-25)23(31)19-8-7-11-21(16-19)33-2/h4-11,16H,3,12-15,17-18H2,1-2H3,(H,26,30). The Kier molecular flexibility index (Phi) is 6.53. The predicted octanol–water partition coefficient (Wildman–Crippen LogP) is 2.11. The SMILES string of the molecule is CCNC(=O)CN1CN(c2ccccc2)C2(CCN(C(=O)c3cccc(OC)c3)CC2)C1=O. The third-order valence-electron chi connectivity index (χ3n) is 6.48. The molecule has 8 nitrogen and oxygen atoms in total. The summed E-state index contributed by atoms with van der Waals surface area (Å²) in [6, 6.07) is 16.9. The van der Waals surface area contributed by atoms with E-state index in [1.807, 2.05) is 37.3 Å². The van der Waals surface area contributed by atoms with E-state index in [0.29, 0.717) is 50.5 Å². The molecule has 3 amide bonds. The molecule has 0 unspecified atom stereocenters. The molecule has 0 saturated carbocycles. The summed E-state index contributed by atoms with van der Waals surface area (Å²) in [7, 11) is 1.57. The lowest BCUT2D eigenvalue weighted by Gasteiger charge is -2.43. The van der Waals surface area contributed by atoms with E-state index in [9.17, 15) is 14.4 Å². The molecule has 0 radical (unpaired) electrons. The second-order valence-corrected chi connectivity index (χ2v) is 8.42. The van der Waals surface area contributed by atoms with Crippen LogP contribution in [0.1, 0.15) is 30.1 Å². The molecule has 174 valence electrons. The van der Waals surface area contributed by atoms with Gasteiger partial charge in [0, 0.05) is 30.9 Å². The van der Waals surface area contributed by atoms with Gasteiger partial charge in [-0.1, -0.05) is 24.3 Å². The van der Waals surface area contributed by atoms with Gasteiger partial charge in [0.2, 0.25) is 5.91 Å². The van der Waals surface area contributed by atoms with Crippen LogP contribution in [-0.2, 0) is 9.59 Å². The number of nitrogens with zero attached hydrogens (tertiary/aromatic N) is 3. The van der Waals surface area contributed by atoms with Crippen LogP contribution in [0.2, 0.25) is 0 Å². The molecule has 2 heterocycles. The van der Waals surface area contributed by atoms with Crippen molar-refractivity contribution < 1.29 is 19.1 Å². The van der Waals surface area contributed by atoms with Gasteiger partial charge in [0.1, 0.15) is 17.8 Å². The van der Waals surface area contributed by atoms with Crippen molar-refractivity contribution in [2.45, 2.75) is 25.3 Å². The van der Waals surface area contributed by atoms with Gasteiger partial charge in [-0.2, -0.15) is 0 Å². The number of carbonyl (C=O) groups excluding carboxylic acids is 3. The first kappa shape index (κ1) is 22.6. The van der Waals surface area contributed by atoms with Gasteiger partial charge in [0.05, 0.1) is 13.8 Å². The zero-order valence-electron chi connectivity index (χ0n) is 19.1. The second kappa shape index (κ2) is 9.52. The first-order chi connectivity index (χ1) is 16.0. The fourth-order valence-electron chi connectivity index (χ4n) is 4.77. The number of likely N-dealkylation sites (N-methyl/N-ethyl adjacent to an activating group) is 1. The summed E-state index contributed by atoms with van der Waals surface area (Å²) in [6.45, 7) is 3.68. The third-order valence-corrected chi connectivity index (χ3v) is 6.48. The number of likely N-dealkylation sites (tertiary alicyclic amines) is 1. The normalized spacial score (nSPS) is 17.4. The molecule has 2 fully saturated rings. The highest BCUT2D eigenvalue weighted by Crippen LogP contribution is 2.39. The number of hydrogen-bond acceptors (Lipinski definition) is 5. The zero-order chi connectivity index (χ0) is 23.4. The van der Waals surface area contributed by atoms with Crippen LogP contribution in [0.5, 0.6) is 5.75 Å². The maximum atomic E-state index is 13.6. The Morgan fingerprint density at radius 3 is 2.45 bits per heavy atom. The minimum atomic E-state index is -0.765. The van der Waals surface area contributed by atoms with Crippen LogP contribution in [0.15, 0.2) is 54.6 Å². The summed E-state index contributed by atoms with van der Waals surface area (Å²) in [5.74, 6) is 0.351. The average molecular weight is 451 g/mol. The van der Waals surface area contributed by atoms with Crippen molar-refractivity contribution in [2.24, 2.45) is 0 Å². The van der Waals surface area contributed by atoms with Crippen LogP contribution < -0.4 is 15.0 Å². The maximum absolute atomic E-state index is 13.6. The van der Waals surface area contributed by atoms with Gasteiger partial charge in [0.25, 0.3) is 11.8 Å². The van der Waals surface area contributed by atoms with Crippen LogP contribution in [0.3, 0.4) is 0 Å². The molecule has 2 aromatic rings. The lowest BCUT2D eigenvalue weighted by atomic mass is 9.85. The molecule has 0 bridgehead atoms. The molecule has 1 spiro atoms. The molecule has 4 rings (SSSR count). The van der Waals surface area contributed by atoms with Gasteiger partial charge in [-0.3, -0.25) is 14.4 Å². The van der Waals surface area contributed by atoms with Crippen molar-refractivity contribution in [2.75, 3.05) is 44.9 Å². The number of para-hydroxylation sites is 1. The number of rotatable bonds is 6. The van der Waals surface area contributed by atoms with Crippen molar-refractivity contribution in [3.8, 4) is 5.75 Å². The average Bonchev–Trinajstić information content (AvgIpc) is 3.11. The highest BCUT2D eigenvalue weighted by molar-refractivity contribution is 5.97. The van der Waals surface area contributed by atoms with Crippen LogP contribution in [0, 0.1) is 0 Å². The van der Waals surface area contributed by atoms with Crippen molar-refractivity contribution in [3.05, 3.63) is 60.2 Å². The van der Waals surface area contributed by atoms with E-state index in [2.05, 4.69) is 10.2 Å². The molecule has 1 N–H and O–H groups in total. The van der Waals surface area contributed by atoms with E-state index >= 15 is 0 Å². The van der Waals surface area contributed by atoms with E-state index < -0.39 is 5.54 Å². The minimum absolute atomic E-state index is 0.0320. The van der Waals surface area contributed by atoms with Crippen molar-refractivity contribution in [1.82, 2.24) is 15.1 Å². The Labute approximate surface area is 194 Å². The Balaban J connectivity index is 1.55. The highest BCUT2D eigenvalue weighted by Gasteiger charge is 2.54. The molecule has 2 aromatic carbocycles. The third kappa shape index (κ3) is 4.37. The van der Waals surface area contributed by atoms with E-state index in [1.165, 1.54) is 0 Å². The quantitative estimate of drug-likeness (QED) is 0.729. The fraction of sp³-hybridized carbons (Fsp3) is 0.400. The Hall–Kier alpha value is -3.55. The topological polar surface area (TPSA) is 82.2 Å². The van der Waals surface area contributed by atoms with Gasteiger partial charge >= 0.3 is 0 Å². The number of nitrogens with one attached hydrogen (secondary N) is 1. The number of ether oxygens (including phenoxy) is 1. The van der Waals surface area contributed by atoms with Gasteiger partial charge in [0.15, 0.2) is 0 Å². The van der Waals surface area contributed by atoms with Gasteiger partial charge < -0.3 is 24.8 Å². The summed E-state index contributed by atoms with van der Waals surface area (Å²) in [5.41, 5.74) is 0.747. The van der Waals surface area contributed by atoms with Crippen LogP contribution in [0.25, 0.3) is 0 Å². The second-order valence-electron chi connectivity index (χ2n) is 8.42. The first-order valence-electron chi connectivity index (χ1n) is 11.3. The Morgan fingerprint density at radius 1 is 1.06 bits per heavy atom. The molecule has 0 aliphatic carbocycles. The first-order valence-corrected chi connectivity index (χ1v) is 11.3. The van der Waals surface area contributed by atoms with Crippen molar-refractivity contribution >= 4 is 23.4 Å². The summed E-state index contributed by atoms with van der Waals surface area (Å²) in [5, 5.41) is 2.77. The summed E-state index contributed by atoms with van der Waals surface area (Å²) in [6.07, 6.45) is 1.00. The summed E-state index contributed by atoms with van der Waals surface area (Å²) < 4.78 is 5.25. The maximum Gasteiger partial charge on any atom is 0.253 e. The number of piperidine rings is 1. The number of hydrogen-bond donors (Lipinski definition) is 1. The highest BCUT2D eigenvalue weighted by atomic mass is 16.5. The van der Waals surface area contributed by atoms with E-state index in [4.69, 9.17) is 4.74 Å². The van der Waals surface area contributed by atoms with E-state index in [-0.39, 0.29) is 24.3 Å². The lowest BCUT2D eigenvalue weighted by molar-refractivity contribution is -0.137. The number of methoxy groups -OCH3 is 1. The predicted molar refractivity (Wildman–Crippen MR) is 125 cm³/mol. The number of carbonyl (C=O) groups is 3. The molecule has 0 atom stereocenters. The molecule has 2 aliphatic rings. The molecule has 2 aliphatic heterocycles. The monoisotopic (exact) mass is 450 g/mol. The smallest absolute Gasteiger partial charge is 0.253 e. The van der Waals surface area contributed by atoms with Crippen molar-refractivity contribution in [1.29, 1.82) is 0 Å². The summed E-state index contributed by atoms with van der Waals surface area (Å²) >= 11 is 0. The molecule has 8 heteroatoms. The van der Waals surface area contributed by atoms with Crippen LogP contribution in [-0.4, -0.2) is 73.0 Å². The lowest BCUT2D eigenvalue weighted by Crippen LogP contribution is -2.57. The molecule has 0 aromatic heterocycles. The number of anilines is 1. The van der Waals surface area contributed by atoms with Crippen LogP contribution >= 0.6 is 0 Å². The van der Waals surface area contributed by atoms with Gasteiger partial charge in [-0.15, -0.1) is 0 Å². The largest absolute Gasteiger partial charge is 0.497 e. The minimum Gasteiger partial charge on any atom is -0.497 e. The fourth-order valence-corrected chi connectivity index (χ4v) is 4.77. The molecule has 33 heavy (non-hydrogen) atoms. The molecular formula is C25H30N4O4. The molecular weight excluding hydrogens is 420 g/mol. The Bertz CT molecular complexity index is 1020. The van der Waals surface area contributed by atoms with Crippen LogP contribution in [0.4, 0.5) is 5.69 Å². The van der Waals surface area contributed by atoms with Gasteiger partial charge in [-0.25, -0.2) is 0 Å². The van der Waals surface area contributed by atoms with E-state index in [0.717, 1.165) is 5.69 Å². The molecule has 2 saturated heterocycles. The van der Waals surface area contributed by atoms with Crippen molar-refractivity contribution in [3.63, 3.8) is 0 Å². The number of benzene rings is 2. The summed E-state index contributed by atoms with van der Waals surface area (Å²) in [4.78, 5) is 44.5. The number of amides is 3.